The maximum Gasteiger partial charge on any atom is 0.143 e. The molecule has 2 heteroatoms. The lowest BCUT2D eigenvalue weighted by atomic mass is 9.70. The van der Waals surface area contributed by atoms with Crippen molar-refractivity contribution in [2.45, 2.75) is 5.41 Å². The fraction of sp³-hybridized carbons (Fsp3) is 0.0164. The predicted molar refractivity (Wildman–Crippen MR) is 261 cm³/mol. The lowest BCUT2D eigenvalue weighted by Crippen LogP contribution is -2.25. The zero-order valence-corrected chi connectivity index (χ0v) is 34.4. The number of furan rings is 1. The van der Waals surface area contributed by atoms with E-state index in [0.717, 1.165) is 61.3 Å². The molecule has 0 saturated heterocycles. The second-order valence-electron chi connectivity index (χ2n) is 16.8. The number of rotatable bonds is 6. The van der Waals surface area contributed by atoms with E-state index in [-0.39, 0.29) is 5.41 Å². The summed E-state index contributed by atoms with van der Waals surface area (Å²) in [4.78, 5) is 2.42. The van der Waals surface area contributed by atoms with Gasteiger partial charge in [-0.3, -0.25) is 0 Å². The number of anilines is 3. The Morgan fingerprint density at radius 2 is 0.778 bits per heavy atom. The van der Waals surface area contributed by atoms with Crippen LogP contribution in [0, 0.1) is 0 Å². The Bertz CT molecular complexity index is 3520. The van der Waals surface area contributed by atoms with Gasteiger partial charge in [-0.1, -0.05) is 188 Å². The van der Waals surface area contributed by atoms with Crippen LogP contribution >= 0.6 is 0 Å². The molecule has 294 valence electrons. The molecule has 0 unspecified atom stereocenters. The summed E-state index contributed by atoms with van der Waals surface area (Å²) in [6, 6.07) is 86.4. The van der Waals surface area contributed by atoms with Gasteiger partial charge in [0, 0.05) is 33.4 Å². The molecule has 11 aromatic rings. The number of nitrogens with zero attached hydrogens (tertiary/aromatic N) is 1. The van der Waals surface area contributed by atoms with Gasteiger partial charge in [0.15, 0.2) is 0 Å². The Kier molecular flexibility index (Phi) is 7.85. The molecule has 0 atom stereocenters. The molecule has 0 radical (unpaired) electrons. The van der Waals surface area contributed by atoms with Crippen LogP contribution in [0.1, 0.15) is 22.3 Å². The van der Waals surface area contributed by atoms with E-state index in [1.54, 1.807) is 0 Å². The molecular formula is C61H39NO. The minimum absolute atomic E-state index is 0.387. The second kappa shape index (κ2) is 13.9. The minimum Gasteiger partial charge on any atom is -0.455 e. The van der Waals surface area contributed by atoms with Crippen molar-refractivity contribution < 1.29 is 4.42 Å². The van der Waals surface area contributed by atoms with Gasteiger partial charge in [0.25, 0.3) is 0 Å². The van der Waals surface area contributed by atoms with Crippen LogP contribution in [0.25, 0.3) is 77.6 Å². The van der Waals surface area contributed by atoms with E-state index >= 15 is 0 Å². The molecule has 1 spiro atoms. The third kappa shape index (κ3) is 5.32. The number of benzene rings is 10. The van der Waals surface area contributed by atoms with Crippen molar-refractivity contribution in [3.63, 3.8) is 0 Å². The quantitative estimate of drug-likeness (QED) is 0.167. The Balaban J connectivity index is 0.954. The van der Waals surface area contributed by atoms with Gasteiger partial charge in [0.05, 0.1) is 5.41 Å². The van der Waals surface area contributed by atoms with Gasteiger partial charge < -0.3 is 9.32 Å². The lowest BCUT2D eigenvalue weighted by molar-refractivity contribution is 0.670. The van der Waals surface area contributed by atoms with Gasteiger partial charge >= 0.3 is 0 Å². The third-order valence-corrected chi connectivity index (χ3v) is 13.5. The average Bonchev–Trinajstić information content (AvgIpc) is 3.99. The van der Waals surface area contributed by atoms with Crippen molar-refractivity contribution in [3.8, 4) is 55.6 Å². The van der Waals surface area contributed by atoms with Crippen LogP contribution in [-0.4, -0.2) is 0 Å². The molecule has 0 fully saturated rings. The fourth-order valence-corrected chi connectivity index (χ4v) is 10.8. The largest absolute Gasteiger partial charge is 0.455 e. The summed E-state index contributed by atoms with van der Waals surface area (Å²) in [6.07, 6.45) is 0. The molecule has 10 aromatic carbocycles. The Labute approximate surface area is 366 Å². The second-order valence-corrected chi connectivity index (χ2v) is 16.8. The van der Waals surface area contributed by atoms with Crippen molar-refractivity contribution in [2.24, 2.45) is 0 Å². The summed E-state index contributed by atoms with van der Waals surface area (Å²) in [5.41, 5.74) is 22.2. The predicted octanol–water partition coefficient (Wildman–Crippen LogP) is 16.4. The molecule has 0 amide bonds. The van der Waals surface area contributed by atoms with Gasteiger partial charge in [-0.2, -0.15) is 0 Å². The van der Waals surface area contributed by atoms with E-state index in [1.165, 1.54) is 55.6 Å². The van der Waals surface area contributed by atoms with E-state index in [4.69, 9.17) is 4.42 Å². The molecule has 0 saturated carbocycles. The highest BCUT2D eigenvalue weighted by atomic mass is 16.3. The monoisotopic (exact) mass is 801 g/mol. The SMILES string of the molecule is c1ccc(-c2cccc(N(c3ccc(-c4ccc5oc6c(-c7ccccc7)cccc6c5c4)cc3)c3ccc4c(c3)-c3ccccc3C43c4ccccc4-c4ccccc43)c2)cc1. The molecule has 0 N–H and O–H groups in total. The molecule has 0 bridgehead atoms. The van der Waals surface area contributed by atoms with Gasteiger partial charge in [0.2, 0.25) is 0 Å². The number of fused-ring (bicyclic) bond motifs is 13. The van der Waals surface area contributed by atoms with E-state index in [1.807, 2.05) is 0 Å². The van der Waals surface area contributed by atoms with Crippen LogP contribution in [0.4, 0.5) is 17.1 Å². The Morgan fingerprint density at radius 1 is 0.286 bits per heavy atom. The van der Waals surface area contributed by atoms with E-state index in [0.29, 0.717) is 0 Å². The molecule has 2 nitrogen and oxygen atoms in total. The highest BCUT2D eigenvalue weighted by molar-refractivity contribution is 6.10. The maximum atomic E-state index is 6.53. The summed E-state index contributed by atoms with van der Waals surface area (Å²) in [7, 11) is 0. The van der Waals surface area contributed by atoms with Crippen molar-refractivity contribution in [1.82, 2.24) is 0 Å². The highest BCUT2D eigenvalue weighted by Crippen LogP contribution is 2.63. The molecule has 63 heavy (non-hydrogen) atoms. The maximum absolute atomic E-state index is 6.53. The van der Waals surface area contributed by atoms with Crippen molar-refractivity contribution in [2.75, 3.05) is 4.90 Å². The Morgan fingerprint density at radius 3 is 1.48 bits per heavy atom. The van der Waals surface area contributed by atoms with Crippen molar-refractivity contribution >= 4 is 39.0 Å². The van der Waals surface area contributed by atoms with Crippen LogP contribution < -0.4 is 4.90 Å². The summed E-state index contributed by atoms with van der Waals surface area (Å²) >= 11 is 0. The molecule has 2 aliphatic rings. The molecular weight excluding hydrogens is 763 g/mol. The van der Waals surface area contributed by atoms with Crippen LogP contribution in [0.5, 0.6) is 0 Å². The number of hydrogen-bond acceptors (Lipinski definition) is 2. The van der Waals surface area contributed by atoms with Crippen LogP contribution in [-0.2, 0) is 5.41 Å². The standard InChI is InChI=1S/C61H39NO/c1-3-15-40(16-4-1)43-19-13-20-46(37-43)62(45-32-29-41(30-33-45)44-31-36-59-54(38-44)52-25-14-24-48(60(52)63-59)42-17-5-2-6-18-42)47-34-35-58-53(39-47)51-23-9-12-28-57(51)61(58)55-26-10-7-21-49(55)50-22-8-11-27-56(50)61/h1-39H. The van der Waals surface area contributed by atoms with E-state index < -0.39 is 0 Å². The van der Waals surface area contributed by atoms with Gasteiger partial charge in [-0.05, 0) is 121 Å². The minimum atomic E-state index is -0.387. The molecule has 1 heterocycles. The number of hydrogen-bond donors (Lipinski definition) is 0. The molecule has 0 aliphatic heterocycles. The zero-order chi connectivity index (χ0) is 41.5. The molecule has 2 aliphatic carbocycles. The van der Waals surface area contributed by atoms with Crippen LogP contribution in [0.3, 0.4) is 0 Å². The van der Waals surface area contributed by atoms with Crippen LogP contribution in [0.15, 0.2) is 241 Å². The topological polar surface area (TPSA) is 16.4 Å². The molecule has 13 rings (SSSR count). The first-order valence-corrected chi connectivity index (χ1v) is 21.7. The van der Waals surface area contributed by atoms with Gasteiger partial charge in [-0.25, -0.2) is 0 Å². The summed E-state index contributed by atoms with van der Waals surface area (Å²) in [6.45, 7) is 0. The summed E-state index contributed by atoms with van der Waals surface area (Å²) < 4.78 is 6.53. The third-order valence-electron chi connectivity index (χ3n) is 13.5. The smallest absolute Gasteiger partial charge is 0.143 e. The van der Waals surface area contributed by atoms with E-state index in [2.05, 4.69) is 241 Å². The van der Waals surface area contributed by atoms with Crippen molar-refractivity contribution in [1.29, 1.82) is 0 Å². The summed E-state index contributed by atoms with van der Waals surface area (Å²) in [5, 5.41) is 2.24. The zero-order valence-electron chi connectivity index (χ0n) is 34.4. The number of para-hydroxylation sites is 1. The highest BCUT2D eigenvalue weighted by Gasteiger charge is 2.51. The molecule has 1 aromatic heterocycles. The normalized spacial score (nSPS) is 12.9. The first kappa shape index (κ1) is 35.5. The van der Waals surface area contributed by atoms with E-state index in [9.17, 15) is 0 Å². The lowest BCUT2D eigenvalue weighted by Gasteiger charge is -2.31. The first-order chi connectivity index (χ1) is 31.2. The van der Waals surface area contributed by atoms with Crippen LogP contribution in [0.2, 0.25) is 0 Å². The van der Waals surface area contributed by atoms with Crippen molar-refractivity contribution in [3.05, 3.63) is 259 Å². The average molecular weight is 802 g/mol. The first-order valence-electron chi connectivity index (χ1n) is 21.7. The van der Waals surface area contributed by atoms with Gasteiger partial charge in [0.1, 0.15) is 11.2 Å². The Hall–Kier alpha value is -8.20. The van der Waals surface area contributed by atoms with Gasteiger partial charge in [-0.15, -0.1) is 0 Å². The summed E-state index contributed by atoms with van der Waals surface area (Å²) in [5.74, 6) is 0. The fourth-order valence-electron chi connectivity index (χ4n) is 10.8.